The third-order valence-corrected chi connectivity index (χ3v) is 3.08. The summed E-state index contributed by atoms with van der Waals surface area (Å²) in [6, 6.07) is 13.5. The molecule has 1 aromatic heterocycles. The summed E-state index contributed by atoms with van der Waals surface area (Å²) in [6.45, 7) is 5.55. The molecule has 0 aliphatic rings. The molecule has 0 saturated carbocycles. The molecular weight excluding hydrogens is 288 g/mol. The number of aromatic nitrogens is 1. The van der Waals surface area contributed by atoms with Crippen molar-refractivity contribution < 1.29 is 9.53 Å². The van der Waals surface area contributed by atoms with E-state index in [1.165, 1.54) is 4.90 Å². The van der Waals surface area contributed by atoms with E-state index in [2.05, 4.69) is 4.98 Å². The van der Waals surface area contributed by atoms with Crippen LogP contribution >= 0.6 is 0 Å². The molecule has 0 saturated heterocycles. The van der Waals surface area contributed by atoms with Crippen LogP contribution in [0.5, 0.6) is 0 Å². The van der Waals surface area contributed by atoms with E-state index in [9.17, 15) is 4.79 Å². The number of hydrogen-bond donors (Lipinski definition) is 0. The van der Waals surface area contributed by atoms with Crippen molar-refractivity contribution in [2.45, 2.75) is 26.4 Å². The lowest BCUT2D eigenvalue weighted by Gasteiger charge is -2.24. The minimum atomic E-state index is -0.503. The average molecular weight is 310 g/mol. The number of ether oxygens (including phenoxy) is 1. The van der Waals surface area contributed by atoms with Gasteiger partial charge in [0.05, 0.1) is 5.69 Å². The van der Waals surface area contributed by atoms with Gasteiger partial charge in [-0.15, -0.1) is 0 Å². The number of rotatable bonds is 3. The van der Waals surface area contributed by atoms with Crippen LogP contribution in [-0.2, 0) is 4.74 Å². The first-order chi connectivity index (χ1) is 10.8. The Morgan fingerprint density at radius 3 is 2.35 bits per heavy atom. The predicted molar refractivity (Wildman–Crippen MR) is 94.2 cm³/mol. The smallest absolute Gasteiger partial charge is 0.414 e. The SMILES string of the molecule is CN(C(=O)OC(C)(C)C)c1ccc(C=Cc2ccccn2)cc1. The minimum Gasteiger partial charge on any atom is -0.443 e. The van der Waals surface area contributed by atoms with E-state index >= 15 is 0 Å². The molecule has 0 aliphatic carbocycles. The Labute approximate surface area is 137 Å². The van der Waals surface area contributed by atoms with Gasteiger partial charge in [0.25, 0.3) is 0 Å². The molecule has 2 rings (SSSR count). The summed E-state index contributed by atoms with van der Waals surface area (Å²) >= 11 is 0. The molecule has 4 heteroatoms. The van der Waals surface area contributed by atoms with Gasteiger partial charge in [-0.2, -0.15) is 0 Å². The fraction of sp³-hybridized carbons (Fsp3) is 0.263. The predicted octanol–water partition coefficient (Wildman–Crippen LogP) is 4.62. The highest BCUT2D eigenvalue weighted by Gasteiger charge is 2.20. The van der Waals surface area contributed by atoms with Crippen molar-refractivity contribution in [3.63, 3.8) is 0 Å². The number of nitrogens with zero attached hydrogens (tertiary/aromatic N) is 2. The summed E-state index contributed by atoms with van der Waals surface area (Å²) in [5.41, 5.74) is 2.23. The van der Waals surface area contributed by atoms with Crippen LogP contribution in [0.1, 0.15) is 32.0 Å². The number of amides is 1. The Morgan fingerprint density at radius 2 is 1.78 bits per heavy atom. The second-order valence-electron chi connectivity index (χ2n) is 6.22. The monoisotopic (exact) mass is 310 g/mol. The minimum absolute atomic E-state index is 0.366. The second kappa shape index (κ2) is 7.09. The zero-order valence-corrected chi connectivity index (χ0v) is 14.0. The number of hydrogen-bond acceptors (Lipinski definition) is 3. The summed E-state index contributed by atoms with van der Waals surface area (Å²) in [4.78, 5) is 17.8. The fourth-order valence-corrected chi connectivity index (χ4v) is 1.90. The quantitative estimate of drug-likeness (QED) is 0.830. The summed E-state index contributed by atoms with van der Waals surface area (Å²) in [6.07, 6.45) is 5.33. The molecule has 0 atom stereocenters. The zero-order valence-electron chi connectivity index (χ0n) is 14.0. The van der Waals surface area contributed by atoms with Gasteiger partial charge in [-0.1, -0.05) is 24.3 Å². The van der Waals surface area contributed by atoms with Gasteiger partial charge in [0.2, 0.25) is 0 Å². The third kappa shape index (κ3) is 5.25. The Kier molecular flexibility index (Phi) is 5.16. The van der Waals surface area contributed by atoms with E-state index in [-0.39, 0.29) is 6.09 Å². The molecule has 0 aliphatic heterocycles. The number of anilines is 1. The van der Waals surface area contributed by atoms with Gasteiger partial charge < -0.3 is 4.74 Å². The van der Waals surface area contributed by atoms with E-state index in [4.69, 9.17) is 4.74 Å². The number of benzene rings is 1. The zero-order chi connectivity index (χ0) is 16.9. The Hall–Kier alpha value is -2.62. The molecule has 1 heterocycles. The van der Waals surface area contributed by atoms with Crippen LogP contribution in [0.4, 0.5) is 10.5 Å². The van der Waals surface area contributed by atoms with Gasteiger partial charge in [-0.25, -0.2) is 4.79 Å². The summed E-state index contributed by atoms with van der Waals surface area (Å²) in [7, 11) is 1.70. The Bertz CT molecular complexity index is 671. The topological polar surface area (TPSA) is 42.4 Å². The van der Waals surface area contributed by atoms with Gasteiger partial charge in [0.1, 0.15) is 5.60 Å². The van der Waals surface area contributed by atoms with Crippen molar-refractivity contribution >= 4 is 23.9 Å². The first-order valence-electron chi connectivity index (χ1n) is 7.51. The lowest BCUT2D eigenvalue weighted by Crippen LogP contribution is -2.34. The molecule has 4 nitrogen and oxygen atoms in total. The van der Waals surface area contributed by atoms with Crippen molar-refractivity contribution in [3.05, 3.63) is 59.9 Å². The molecule has 1 aromatic carbocycles. The molecule has 1 amide bonds. The highest BCUT2D eigenvalue weighted by atomic mass is 16.6. The third-order valence-electron chi connectivity index (χ3n) is 3.08. The molecule has 0 bridgehead atoms. The number of carbonyl (C=O) groups is 1. The van der Waals surface area contributed by atoms with E-state index in [1.54, 1.807) is 13.2 Å². The summed E-state index contributed by atoms with van der Waals surface area (Å²) < 4.78 is 5.35. The molecule has 0 N–H and O–H groups in total. The molecule has 0 radical (unpaired) electrons. The van der Waals surface area contributed by atoms with Crippen LogP contribution < -0.4 is 4.90 Å². The molecule has 0 fully saturated rings. The molecular formula is C19H22N2O2. The first kappa shape index (κ1) is 16.7. The standard InChI is InChI=1S/C19H22N2O2/c1-19(2,3)23-18(22)21(4)17-12-9-15(10-13-17)8-11-16-7-5-6-14-20-16/h5-14H,1-4H3. The van der Waals surface area contributed by atoms with E-state index in [0.29, 0.717) is 0 Å². The van der Waals surface area contributed by atoms with Crippen LogP contribution in [0.15, 0.2) is 48.7 Å². The molecule has 120 valence electrons. The van der Waals surface area contributed by atoms with Crippen LogP contribution in [0.3, 0.4) is 0 Å². The van der Waals surface area contributed by atoms with Crippen molar-refractivity contribution in [2.75, 3.05) is 11.9 Å². The summed E-state index contributed by atoms with van der Waals surface area (Å²) in [5, 5.41) is 0. The maximum Gasteiger partial charge on any atom is 0.414 e. The molecule has 2 aromatic rings. The Balaban J connectivity index is 2.04. The highest BCUT2D eigenvalue weighted by Crippen LogP contribution is 2.18. The second-order valence-corrected chi connectivity index (χ2v) is 6.22. The van der Waals surface area contributed by atoms with Crippen LogP contribution in [0.2, 0.25) is 0 Å². The average Bonchev–Trinajstić information content (AvgIpc) is 2.52. The van der Waals surface area contributed by atoms with Crippen molar-refractivity contribution in [3.8, 4) is 0 Å². The summed E-state index contributed by atoms with van der Waals surface area (Å²) in [5.74, 6) is 0. The van der Waals surface area contributed by atoms with Crippen molar-refractivity contribution in [2.24, 2.45) is 0 Å². The van der Waals surface area contributed by atoms with E-state index in [0.717, 1.165) is 16.9 Å². The molecule has 23 heavy (non-hydrogen) atoms. The van der Waals surface area contributed by atoms with Crippen LogP contribution in [0, 0.1) is 0 Å². The van der Waals surface area contributed by atoms with Crippen LogP contribution in [0.25, 0.3) is 12.2 Å². The van der Waals surface area contributed by atoms with Gasteiger partial charge >= 0.3 is 6.09 Å². The highest BCUT2D eigenvalue weighted by molar-refractivity contribution is 5.87. The Morgan fingerprint density at radius 1 is 1.09 bits per heavy atom. The molecule has 0 unspecified atom stereocenters. The van der Waals surface area contributed by atoms with Gasteiger partial charge in [-0.3, -0.25) is 9.88 Å². The number of pyridine rings is 1. The lowest BCUT2D eigenvalue weighted by molar-refractivity contribution is 0.0589. The van der Waals surface area contributed by atoms with Gasteiger partial charge in [-0.05, 0) is 56.7 Å². The van der Waals surface area contributed by atoms with Gasteiger partial charge in [0.15, 0.2) is 0 Å². The van der Waals surface area contributed by atoms with E-state index < -0.39 is 5.60 Å². The maximum absolute atomic E-state index is 12.0. The van der Waals surface area contributed by atoms with Crippen molar-refractivity contribution in [1.82, 2.24) is 4.98 Å². The fourth-order valence-electron chi connectivity index (χ4n) is 1.90. The van der Waals surface area contributed by atoms with E-state index in [1.807, 2.05) is 75.4 Å². The largest absolute Gasteiger partial charge is 0.443 e. The normalized spacial score (nSPS) is 11.5. The van der Waals surface area contributed by atoms with Crippen molar-refractivity contribution in [1.29, 1.82) is 0 Å². The first-order valence-corrected chi connectivity index (χ1v) is 7.51. The van der Waals surface area contributed by atoms with Crippen LogP contribution in [-0.4, -0.2) is 23.7 Å². The number of carbonyl (C=O) groups excluding carboxylic acids is 1. The molecule has 0 spiro atoms. The maximum atomic E-state index is 12.0. The lowest BCUT2D eigenvalue weighted by atomic mass is 10.1. The van der Waals surface area contributed by atoms with Gasteiger partial charge in [0, 0.05) is 18.9 Å².